The Kier molecular flexibility index (Phi) is 6.39. The van der Waals surface area contributed by atoms with Gasteiger partial charge in [0.1, 0.15) is 6.10 Å². The maximum Gasteiger partial charge on any atom is 0.377 e. The highest BCUT2D eigenvalue weighted by atomic mass is 32.1. The SMILES string of the molecule is O=C(O)CS.O=C1O[C@H](C(O)CO)C(O)=C1O. The summed E-state index contributed by atoms with van der Waals surface area (Å²) in [5.41, 5.74) is 0. The van der Waals surface area contributed by atoms with Crippen molar-refractivity contribution in [2.24, 2.45) is 0 Å². The van der Waals surface area contributed by atoms with Gasteiger partial charge in [-0.3, -0.25) is 4.79 Å². The first-order valence-electron chi connectivity index (χ1n) is 4.29. The van der Waals surface area contributed by atoms with Crippen molar-refractivity contribution in [3.8, 4) is 0 Å². The van der Waals surface area contributed by atoms with Crippen molar-refractivity contribution in [1.82, 2.24) is 0 Å². The molecule has 0 fully saturated rings. The first-order chi connectivity index (χ1) is 7.84. The Morgan fingerprint density at radius 2 is 1.94 bits per heavy atom. The highest BCUT2D eigenvalue weighted by Crippen LogP contribution is 2.20. The number of aliphatic carboxylic acids is 1. The summed E-state index contributed by atoms with van der Waals surface area (Å²) in [4.78, 5) is 19.8. The Morgan fingerprint density at radius 1 is 1.47 bits per heavy atom. The van der Waals surface area contributed by atoms with Gasteiger partial charge in [-0.25, -0.2) is 4.79 Å². The number of carbonyl (C=O) groups is 2. The Bertz CT molecular complexity index is 325. The molecular weight excluding hydrogens is 256 g/mol. The van der Waals surface area contributed by atoms with Crippen LogP contribution < -0.4 is 0 Å². The molecule has 2 atom stereocenters. The Morgan fingerprint density at radius 3 is 2.18 bits per heavy atom. The van der Waals surface area contributed by atoms with E-state index in [1.54, 1.807) is 0 Å². The molecule has 0 aromatic carbocycles. The molecule has 1 aliphatic rings. The van der Waals surface area contributed by atoms with Crippen LogP contribution in [0.5, 0.6) is 0 Å². The van der Waals surface area contributed by atoms with E-state index in [1.165, 1.54) is 0 Å². The molecular formula is C8H12O8S. The van der Waals surface area contributed by atoms with Crippen molar-refractivity contribution in [3.63, 3.8) is 0 Å². The van der Waals surface area contributed by atoms with Crippen LogP contribution in [0.15, 0.2) is 11.5 Å². The maximum absolute atomic E-state index is 10.5. The van der Waals surface area contributed by atoms with E-state index < -0.39 is 42.3 Å². The largest absolute Gasteiger partial charge is 0.505 e. The summed E-state index contributed by atoms with van der Waals surface area (Å²) < 4.78 is 4.32. The number of hydrogen-bond donors (Lipinski definition) is 6. The van der Waals surface area contributed by atoms with Gasteiger partial charge in [-0.05, 0) is 0 Å². The van der Waals surface area contributed by atoms with Crippen LogP contribution in [0.25, 0.3) is 0 Å². The molecule has 0 aromatic heterocycles. The third-order valence-electron chi connectivity index (χ3n) is 1.61. The summed E-state index contributed by atoms with van der Waals surface area (Å²) in [6.45, 7) is -0.671. The number of aliphatic hydroxyl groups is 4. The summed E-state index contributed by atoms with van der Waals surface area (Å²) in [6.07, 6.45) is -2.78. The molecule has 0 aromatic rings. The van der Waals surface area contributed by atoms with E-state index in [9.17, 15) is 9.59 Å². The van der Waals surface area contributed by atoms with Gasteiger partial charge < -0.3 is 30.3 Å². The fraction of sp³-hybridized carbons (Fsp3) is 0.500. The molecule has 1 heterocycles. The Labute approximate surface area is 101 Å². The van der Waals surface area contributed by atoms with E-state index >= 15 is 0 Å². The minimum atomic E-state index is -1.42. The van der Waals surface area contributed by atoms with Crippen LogP contribution >= 0.6 is 12.6 Å². The van der Waals surface area contributed by atoms with Crippen molar-refractivity contribution in [1.29, 1.82) is 0 Å². The van der Waals surface area contributed by atoms with Crippen LogP contribution in [0.3, 0.4) is 0 Å². The van der Waals surface area contributed by atoms with Crippen LogP contribution in [0.4, 0.5) is 0 Å². The second-order valence-electron chi connectivity index (χ2n) is 2.86. The highest BCUT2D eigenvalue weighted by Gasteiger charge is 2.38. The molecule has 8 nitrogen and oxygen atoms in total. The topological polar surface area (TPSA) is 145 Å². The average Bonchev–Trinajstić information content (AvgIpc) is 2.56. The minimum absolute atomic E-state index is 0.0833. The number of cyclic esters (lactones) is 1. The molecule has 0 bridgehead atoms. The highest BCUT2D eigenvalue weighted by molar-refractivity contribution is 7.81. The third kappa shape index (κ3) is 4.51. The van der Waals surface area contributed by atoms with Crippen molar-refractivity contribution in [2.75, 3.05) is 12.4 Å². The number of esters is 1. The molecule has 0 aliphatic carbocycles. The van der Waals surface area contributed by atoms with Crippen LogP contribution in [-0.4, -0.2) is 62.0 Å². The van der Waals surface area contributed by atoms with Gasteiger partial charge in [0.05, 0.1) is 12.4 Å². The van der Waals surface area contributed by atoms with Crippen LogP contribution in [0, 0.1) is 0 Å². The molecule has 17 heavy (non-hydrogen) atoms. The summed E-state index contributed by atoms with van der Waals surface area (Å²) in [5.74, 6) is -3.74. The standard InChI is InChI=1S/C6H8O6.C2H4O2S/c7-1-2(8)5-3(9)4(10)6(11)12-5;3-2(4)1-5/h2,5,7-10H,1H2;5H,1H2,(H,3,4)/t2?,5-;/m1./s1. The third-order valence-corrected chi connectivity index (χ3v) is 1.88. The molecule has 0 saturated heterocycles. The van der Waals surface area contributed by atoms with Crippen LogP contribution in [-0.2, 0) is 14.3 Å². The number of hydrogen-bond acceptors (Lipinski definition) is 8. The molecule has 0 amide bonds. The van der Waals surface area contributed by atoms with Crippen LogP contribution in [0.1, 0.15) is 0 Å². The molecule has 1 rings (SSSR count). The number of carboxylic acids is 1. The van der Waals surface area contributed by atoms with Gasteiger partial charge in [-0.1, -0.05) is 0 Å². The van der Waals surface area contributed by atoms with Gasteiger partial charge >= 0.3 is 11.9 Å². The van der Waals surface area contributed by atoms with E-state index in [1.807, 2.05) is 0 Å². The lowest BCUT2D eigenvalue weighted by atomic mass is 10.2. The van der Waals surface area contributed by atoms with Crippen molar-refractivity contribution >= 4 is 24.6 Å². The number of rotatable bonds is 3. The fourth-order valence-electron chi connectivity index (χ4n) is 0.823. The van der Waals surface area contributed by atoms with Gasteiger partial charge in [0.2, 0.25) is 5.76 Å². The monoisotopic (exact) mass is 268 g/mol. The van der Waals surface area contributed by atoms with E-state index in [2.05, 4.69) is 17.4 Å². The normalized spacial score (nSPS) is 20.4. The van der Waals surface area contributed by atoms with E-state index in [-0.39, 0.29) is 5.75 Å². The zero-order valence-electron chi connectivity index (χ0n) is 8.48. The minimum Gasteiger partial charge on any atom is -0.505 e. The second kappa shape index (κ2) is 6.99. The summed E-state index contributed by atoms with van der Waals surface area (Å²) in [7, 11) is 0. The van der Waals surface area contributed by atoms with Crippen molar-refractivity contribution in [3.05, 3.63) is 11.5 Å². The summed E-state index contributed by atoms with van der Waals surface area (Å²) in [5, 5.41) is 42.7. The lowest BCUT2D eigenvalue weighted by Crippen LogP contribution is -2.31. The fourth-order valence-corrected chi connectivity index (χ4v) is 0.823. The second-order valence-corrected chi connectivity index (χ2v) is 3.18. The van der Waals surface area contributed by atoms with Gasteiger partial charge in [-0.2, -0.15) is 12.6 Å². The van der Waals surface area contributed by atoms with E-state index in [0.29, 0.717) is 0 Å². The number of thiol groups is 1. The van der Waals surface area contributed by atoms with E-state index in [0.717, 1.165) is 0 Å². The van der Waals surface area contributed by atoms with Gasteiger partial charge in [0.15, 0.2) is 11.9 Å². The number of ether oxygens (including phenoxy) is 1. The van der Waals surface area contributed by atoms with Gasteiger partial charge in [0, 0.05) is 0 Å². The zero-order valence-corrected chi connectivity index (χ0v) is 9.37. The molecule has 0 radical (unpaired) electrons. The Hall–Kier alpha value is -1.45. The predicted octanol–water partition coefficient (Wildman–Crippen LogP) is -1.41. The quantitative estimate of drug-likeness (QED) is 0.270. The zero-order chi connectivity index (χ0) is 13.6. The molecule has 0 spiro atoms. The molecule has 5 N–H and O–H groups in total. The average molecular weight is 268 g/mol. The number of carboxylic acid groups (broad SMARTS) is 1. The summed E-state index contributed by atoms with van der Waals surface area (Å²) >= 11 is 3.42. The molecule has 1 unspecified atom stereocenters. The van der Waals surface area contributed by atoms with Gasteiger partial charge in [0.25, 0.3) is 0 Å². The van der Waals surface area contributed by atoms with Crippen LogP contribution in [0.2, 0.25) is 0 Å². The lowest BCUT2D eigenvalue weighted by Gasteiger charge is -2.13. The number of carbonyl (C=O) groups excluding carboxylic acids is 1. The van der Waals surface area contributed by atoms with E-state index in [4.69, 9.17) is 25.5 Å². The smallest absolute Gasteiger partial charge is 0.377 e. The Balaban J connectivity index is 0.000000437. The van der Waals surface area contributed by atoms with Gasteiger partial charge in [-0.15, -0.1) is 0 Å². The first kappa shape index (κ1) is 15.6. The van der Waals surface area contributed by atoms with Crippen molar-refractivity contribution < 1.29 is 39.9 Å². The molecule has 98 valence electrons. The molecule has 9 heteroatoms. The predicted molar refractivity (Wildman–Crippen MR) is 56.7 cm³/mol. The first-order valence-corrected chi connectivity index (χ1v) is 4.93. The number of aliphatic hydroxyl groups excluding tert-OH is 4. The van der Waals surface area contributed by atoms with Crippen molar-refractivity contribution in [2.45, 2.75) is 12.2 Å². The molecule has 1 aliphatic heterocycles. The molecule has 0 saturated carbocycles. The lowest BCUT2D eigenvalue weighted by molar-refractivity contribution is -0.147. The summed E-state index contributed by atoms with van der Waals surface area (Å²) in [6, 6.07) is 0. The maximum atomic E-state index is 10.5.